The van der Waals surface area contributed by atoms with Gasteiger partial charge in [0.25, 0.3) is 6.43 Å². The second-order valence-electron chi connectivity index (χ2n) is 4.64. The first-order valence-corrected chi connectivity index (χ1v) is 6.57. The molecule has 1 aromatic carbocycles. The second kappa shape index (κ2) is 6.15. The molecule has 0 saturated carbocycles. The summed E-state index contributed by atoms with van der Waals surface area (Å²) in [6.07, 6.45) is -1.40. The van der Waals surface area contributed by atoms with Crippen molar-refractivity contribution in [2.24, 2.45) is 0 Å². The molecule has 4 heteroatoms. The highest BCUT2D eigenvalue weighted by molar-refractivity contribution is 5.85. The lowest BCUT2D eigenvalue weighted by atomic mass is 10.1. The van der Waals surface area contributed by atoms with Gasteiger partial charge in [-0.15, -0.1) is 0 Å². The highest BCUT2D eigenvalue weighted by Crippen LogP contribution is 2.27. The smallest absolute Gasteiger partial charge is 0.256 e. The molecule has 0 spiro atoms. The molecule has 0 aliphatic carbocycles. The van der Waals surface area contributed by atoms with Gasteiger partial charge in [0.1, 0.15) is 0 Å². The van der Waals surface area contributed by atoms with E-state index in [0.29, 0.717) is 13.2 Å². The van der Waals surface area contributed by atoms with Gasteiger partial charge in [-0.1, -0.05) is 25.1 Å². The van der Waals surface area contributed by atoms with E-state index in [1.165, 1.54) is 0 Å². The van der Waals surface area contributed by atoms with Crippen molar-refractivity contribution in [3.05, 3.63) is 35.5 Å². The summed E-state index contributed by atoms with van der Waals surface area (Å²) in [4.78, 5) is 0. The van der Waals surface area contributed by atoms with Gasteiger partial charge in [0, 0.05) is 28.8 Å². The molecular formula is C15H19F2NO. The number of para-hydroxylation sites is 1. The molecule has 0 amide bonds. The molecule has 0 unspecified atom stereocenters. The van der Waals surface area contributed by atoms with E-state index in [1.54, 1.807) is 4.57 Å². The molecule has 2 rings (SSSR count). The molecule has 0 N–H and O–H groups in total. The summed E-state index contributed by atoms with van der Waals surface area (Å²) in [5, 5.41) is 1.01. The SMILES string of the molecule is CCCOCc1c(C)n(CC(F)F)c2ccccc12. The van der Waals surface area contributed by atoms with Crippen LogP contribution in [0.1, 0.15) is 24.6 Å². The number of ether oxygens (including phenoxy) is 1. The molecule has 0 aliphatic rings. The summed E-state index contributed by atoms with van der Waals surface area (Å²) in [5.74, 6) is 0. The van der Waals surface area contributed by atoms with Gasteiger partial charge in [-0.2, -0.15) is 0 Å². The van der Waals surface area contributed by atoms with Crippen LogP contribution in [0.4, 0.5) is 8.78 Å². The molecule has 19 heavy (non-hydrogen) atoms. The fourth-order valence-corrected chi connectivity index (χ4v) is 2.38. The Morgan fingerprint density at radius 1 is 1.26 bits per heavy atom. The van der Waals surface area contributed by atoms with Gasteiger partial charge in [0.05, 0.1) is 13.2 Å². The maximum Gasteiger partial charge on any atom is 0.256 e. The van der Waals surface area contributed by atoms with Gasteiger partial charge in [0.2, 0.25) is 0 Å². The zero-order chi connectivity index (χ0) is 13.8. The van der Waals surface area contributed by atoms with E-state index in [9.17, 15) is 8.78 Å². The minimum atomic E-state index is -2.35. The number of nitrogens with zero attached hydrogens (tertiary/aromatic N) is 1. The Balaban J connectivity index is 2.41. The van der Waals surface area contributed by atoms with Crippen LogP contribution in [-0.4, -0.2) is 17.6 Å². The predicted octanol–water partition coefficient (Wildman–Crippen LogP) is 4.14. The van der Waals surface area contributed by atoms with Gasteiger partial charge >= 0.3 is 0 Å². The van der Waals surface area contributed by atoms with Crippen LogP contribution >= 0.6 is 0 Å². The average Bonchev–Trinajstić information content (AvgIpc) is 2.64. The topological polar surface area (TPSA) is 14.2 Å². The van der Waals surface area contributed by atoms with Gasteiger partial charge < -0.3 is 9.30 Å². The van der Waals surface area contributed by atoms with Crippen molar-refractivity contribution in [1.29, 1.82) is 0 Å². The number of hydrogen-bond donors (Lipinski definition) is 0. The molecule has 0 radical (unpaired) electrons. The van der Waals surface area contributed by atoms with Crippen LogP contribution in [0.25, 0.3) is 10.9 Å². The molecule has 0 atom stereocenters. The maximum atomic E-state index is 12.7. The lowest BCUT2D eigenvalue weighted by Gasteiger charge is -2.08. The van der Waals surface area contributed by atoms with Crippen molar-refractivity contribution in [3.8, 4) is 0 Å². The Labute approximate surface area is 112 Å². The Hall–Kier alpha value is -1.42. The first-order valence-electron chi connectivity index (χ1n) is 6.57. The van der Waals surface area contributed by atoms with Crippen LogP contribution in [0.2, 0.25) is 0 Å². The zero-order valence-corrected chi connectivity index (χ0v) is 11.3. The lowest BCUT2D eigenvalue weighted by molar-refractivity contribution is 0.119. The molecular weight excluding hydrogens is 248 g/mol. The number of aromatic nitrogens is 1. The Morgan fingerprint density at radius 2 is 2.00 bits per heavy atom. The first kappa shape index (κ1) is 14.0. The van der Waals surface area contributed by atoms with Crippen molar-refractivity contribution in [2.75, 3.05) is 6.61 Å². The van der Waals surface area contributed by atoms with Crippen LogP contribution in [0.5, 0.6) is 0 Å². The Bertz CT molecular complexity index is 548. The third-order valence-electron chi connectivity index (χ3n) is 3.28. The van der Waals surface area contributed by atoms with E-state index in [0.717, 1.165) is 28.6 Å². The lowest BCUT2D eigenvalue weighted by Crippen LogP contribution is -2.08. The Morgan fingerprint density at radius 3 is 2.68 bits per heavy atom. The average molecular weight is 267 g/mol. The third kappa shape index (κ3) is 2.95. The van der Waals surface area contributed by atoms with Crippen LogP contribution in [0, 0.1) is 6.92 Å². The van der Waals surface area contributed by atoms with Crippen LogP contribution in [-0.2, 0) is 17.9 Å². The summed E-state index contributed by atoms with van der Waals surface area (Å²) in [5.41, 5.74) is 2.75. The van der Waals surface area contributed by atoms with Crippen molar-refractivity contribution >= 4 is 10.9 Å². The maximum absolute atomic E-state index is 12.7. The fraction of sp³-hybridized carbons (Fsp3) is 0.467. The highest BCUT2D eigenvalue weighted by atomic mass is 19.3. The molecule has 0 bridgehead atoms. The first-order chi connectivity index (χ1) is 9.15. The van der Waals surface area contributed by atoms with Gasteiger partial charge in [0.15, 0.2) is 0 Å². The molecule has 104 valence electrons. The van der Waals surface area contributed by atoms with Crippen LogP contribution in [0.3, 0.4) is 0 Å². The number of halogens is 2. The monoisotopic (exact) mass is 267 g/mol. The summed E-state index contributed by atoms with van der Waals surface area (Å²) in [7, 11) is 0. The summed E-state index contributed by atoms with van der Waals surface area (Å²) in [6.45, 7) is 4.84. The summed E-state index contributed by atoms with van der Waals surface area (Å²) in [6, 6.07) is 7.65. The molecule has 0 aliphatic heterocycles. The van der Waals surface area contributed by atoms with Gasteiger partial charge in [-0.3, -0.25) is 0 Å². The largest absolute Gasteiger partial charge is 0.377 e. The predicted molar refractivity (Wildman–Crippen MR) is 72.6 cm³/mol. The molecule has 1 heterocycles. The van der Waals surface area contributed by atoms with Crippen molar-refractivity contribution in [3.63, 3.8) is 0 Å². The fourth-order valence-electron chi connectivity index (χ4n) is 2.38. The number of alkyl halides is 2. The van der Waals surface area contributed by atoms with E-state index >= 15 is 0 Å². The third-order valence-corrected chi connectivity index (χ3v) is 3.28. The number of benzene rings is 1. The van der Waals surface area contributed by atoms with Gasteiger partial charge in [-0.25, -0.2) is 8.78 Å². The minimum absolute atomic E-state index is 0.264. The number of rotatable bonds is 6. The van der Waals surface area contributed by atoms with E-state index in [2.05, 4.69) is 0 Å². The highest BCUT2D eigenvalue weighted by Gasteiger charge is 2.16. The number of fused-ring (bicyclic) bond motifs is 1. The second-order valence-corrected chi connectivity index (χ2v) is 4.64. The van der Waals surface area contributed by atoms with Crippen LogP contribution < -0.4 is 0 Å². The summed E-state index contributed by atoms with van der Waals surface area (Å²) >= 11 is 0. The van der Waals surface area contributed by atoms with Crippen LogP contribution in [0.15, 0.2) is 24.3 Å². The standard InChI is InChI=1S/C15H19F2NO/c1-3-8-19-10-13-11(2)18(9-15(16)17)14-7-5-4-6-12(13)14/h4-7,15H,3,8-10H2,1-2H3. The van der Waals surface area contributed by atoms with E-state index in [1.807, 2.05) is 38.1 Å². The Kier molecular flexibility index (Phi) is 4.53. The normalized spacial score (nSPS) is 11.6. The molecule has 2 nitrogen and oxygen atoms in total. The zero-order valence-electron chi connectivity index (χ0n) is 11.3. The molecule has 2 aromatic rings. The molecule has 0 saturated heterocycles. The summed E-state index contributed by atoms with van der Waals surface area (Å²) < 4.78 is 32.6. The van der Waals surface area contributed by atoms with E-state index in [-0.39, 0.29) is 6.54 Å². The van der Waals surface area contributed by atoms with Crippen molar-refractivity contribution in [2.45, 2.75) is 39.8 Å². The van der Waals surface area contributed by atoms with Crippen molar-refractivity contribution in [1.82, 2.24) is 4.57 Å². The number of hydrogen-bond acceptors (Lipinski definition) is 1. The minimum Gasteiger partial charge on any atom is -0.377 e. The van der Waals surface area contributed by atoms with Crippen molar-refractivity contribution < 1.29 is 13.5 Å². The van der Waals surface area contributed by atoms with Gasteiger partial charge in [-0.05, 0) is 19.4 Å². The van der Waals surface area contributed by atoms with E-state index < -0.39 is 6.43 Å². The molecule has 0 fully saturated rings. The molecule has 1 aromatic heterocycles. The van der Waals surface area contributed by atoms with E-state index in [4.69, 9.17) is 4.74 Å². The quantitative estimate of drug-likeness (QED) is 0.717.